The largest absolute Gasteiger partial charge is 0.347 e. The molecule has 2 N–H and O–H groups in total. The minimum Gasteiger partial charge on any atom is -0.347 e. The van der Waals surface area contributed by atoms with E-state index in [1.165, 1.54) is 11.1 Å². The highest BCUT2D eigenvalue weighted by Gasteiger charge is 2.11. The second-order valence-corrected chi connectivity index (χ2v) is 4.81. The van der Waals surface area contributed by atoms with Crippen molar-refractivity contribution < 1.29 is 4.79 Å². The summed E-state index contributed by atoms with van der Waals surface area (Å²) in [5, 5.41) is 6.19. The third-order valence-electron chi connectivity index (χ3n) is 3.29. The Kier molecular flexibility index (Phi) is 4.42. The lowest BCUT2D eigenvalue weighted by Gasteiger charge is -2.05. The maximum atomic E-state index is 11.9. The summed E-state index contributed by atoms with van der Waals surface area (Å²) in [7, 11) is 1.84. The summed E-state index contributed by atoms with van der Waals surface area (Å²) < 4.78 is 1.76. The number of halogens is 1. The van der Waals surface area contributed by atoms with Crippen molar-refractivity contribution in [2.24, 2.45) is 7.05 Å². The fourth-order valence-corrected chi connectivity index (χ4v) is 2.26. The van der Waals surface area contributed by atoms with Crippen LogP contribution in [0.1, 0.15) is 27.2 Å². The zero-order chi connectivity index (χ0) is 13.2. The van der Waals surface area contributed by atoms with Gasteiger partial charge in [-0.3, -0.25) is 4.79 Å². The summed E-state index contributed by atoms with van der Waals surface area (Å²) in [6, 6.07) is 6.33. The molecule has 20 heavy (non-hydrogen) atoms. The van der Waals surface area contributed by atoms with E-state index in [4.69, 9.17) is 0 Å². The average molecular weight is 293 g/mol. The monoisotopic (exact) mass is 292 g/mol. The van der Waals surface area contributed by atoms with Gasteiger partial charge in [0.1, 0.15) is 5.69 Å². The normalized spacial score (nSPS) is 12.7. The second-order valence-electron chi connectivity index (χ2n) is 4.81. The Hall–Kier alpha value is -1.85. The van der Waals surface area contributed by atoms with Gasteiger partial charge >= 0.3 is 0 Å². The molecule has 106 valence electrons. The van der Waals surface area contributed by atoms with E-state index in [0.717, 1.165) is 18.7 Å². The molecular formula is C14H17ClN4O. The molecule has 1 aliphatic heterocycles. The van der Waals surface area contributed by atoms with E-state index in [-0.39, 0.29) is 18.3 Å². The minimum absolute atomic E-state index is 0. The average Bonchev–Trinajstić information content (AvgIpc) is 3.03. The third-order valence-corrected chi connectivity index (χ3v) is 3.29. The van der Waals surface area contributed by atoms with Crippen LogP contribution in [0.2, 0.25) is 0 Å². The summed E-state index contributed by atoms with van der Waals surface area (Å²) in [5.74, 6) is -0.140. The van der Waals surface area contributed by atoms with E-state index in [2.05, 4.69) is 33.8 Å². The van der Waals surface area contributed by atoms with E-state index < -0.39 is 0 Å². The molecule has 0 aliphatic carbocycles. The van der Waals surface area contributed by atoms with E-state index in [1.54, 1.807) is 17.1 Å². The van der Waals surface area contributed by atoms with Crippen LogP contribution < -0.4 is 10.6 Å². The van der Waals surface area contributed by atoms with Crippen molar-refractivity contribution >= 4 is 18.3 Å². The number of hydrogen-bond donors (Lipinski definition) is 2. The number of benzene rings is 1. The molecule has 0 atom stereocenters. The molecule has 0 bridgehead atoms. The van der Waals surface area contributed by atoms with Crippen molar-refractivity contribution in [3.63, 3.8) is 0 Å². The number of carbonyl (C=O) groups is 1. The molecule has 0 saturated carbocycles. The maximum Gasteiger partial charge on any atom is 0.271 e. The molecule has 0 saturated heterocycles. The number of hydrogen-bond acceptors (Lipinski definition) is 3. The summed E-state index contributed by atoms with van der Waals surface area (Å²) in [4.78, 5) is 15.9. The van der Waals surface area contributed by atoms with Crippen LogP contribution in [-0.4, -0.2) is 15.5 Å². The van der Waals surface area contributed by atoms with Gasteiger partial charge < -0.3 is 15.2 Å². The molecule has 0 unspecified atom stereocenters. The molecule has 0 fully saturated rings. The number of imidazole rings is 1. The summed E-state index contributed by atoms with van der Waals surface area (Å²) in [5.41, 5.74) is 4.24. The van der Waals surface area contributed by atoms with Crippen molar-refractivity contribution in [2.45, 2.75) is 19.6 Å². The standard InChI is InChI=1S/C14H16N4O.ClH/c1-18-8-13(17-9-18)14(19)16-5-10-2-3-11-6-15-7-12(11)4-10;/h2-4,8-9,15H,5-7H2,1H3,(H,16,19);1H. The molecule has 2 heterocycles. The molecule has 1 aromatic carbocycles. The molecular weight excluding hydrogens is 276 g/mol. The van der Waals surface area contributed by atoms with Gasteiger partial charge in [0.05, 0.1) is 6.33 Å². The highest BCUT2D eigenvalue weighted by molar-refractivity contribution is 5.91. The predicted octanol–water partition coefficient (Wildman–Crippen LogP) is 1.38. The molecule has 1 aromatic heterocycles. The Balaban J connectivity index is 0.00000147. The van der Waals surface area contributed by atoms with Gasteiger partial charge in [-0.1, -0.05) is 18.2 Å². The van der Waals surface area contributed by atoms with Crippen LogP contribution >= 0.6 is 12.4 Å². The third kappa shape index (κ3) is 3.00. The van der Waals surface area contributed by atoms with Gasteiger partial charge in [-0.05, 0) is 16.7 Å². The molecule has 2 aromatic rings. The Bertz CT molecular complexity index is 623. The number of rotatable bonds is 3. The molecule has 0 radical (unpaired) electrons. The van der Waals surface area contributed by atoms with Crippen LogP contribution in [0.3, 0.4) is 0 Å². The zero-order valence-corrected chi connectivity index (χ0v) is 12.0. The molecule has 1 amide bonds. The predicted molar refractivity (Wildman–Crippen MR) is 78.6 cm³/mol. The first kappa shape index (κ1) is 14.6. The van der Waals surface area contributed by atoms with Crippen molar-refractivity contribution in [3.05, 3.63) is 53.1 Å². The van der Waals surface area contributed by atoms with Gasteiger partial charge in [0.15, 0.2) is 0 Å². The van der Waals surface area contributed by atoms with Gasteiger partial charge in [-0.25, -0.2) is 4.98 Å². The lowest BCUT2D eigenvalue weighted by Crippen LogP contribution is -2.23. The van der Waals surface area contributed by atoms with Crippen molar-refractivity contribution in [1.82, 2.24) is 20.2 Å². The molecule has 0 spiro atoms. The second kappa shape index (κ2) is 6.07. The van der Waals surface area contributed by atoms with Gasteiger partial charge in [0, 0.05) is 32.9 Å². The molecule has 1 aliphatic rings. The number of nitrogens with zero attached hydrogens (tertiary/aromatic N) is 2. The smallest absolute Gasteiger partial charge is 0.271 e. The first-order valence-electron chi connectivity index (χ1n) is 6.30. The number of carbonyl (C=O) groups excluding carboxylic acids is 1. The van der Waals surface area contributed by atoms with Crippen molar-refractivity contribution in [1.29, 1.82) is 0 Å². The van der Waals surface area contributed by atoms with E-state index in [9.17, 15) is 4.79 Å². The van der Waals surface area contributed by atoms with Crippen LogP contribution in [0, 0.1) is 0 Å². The molecule has 6 heteroatoms. The number of aromatic nitrogens is 2. The molecule has 3 rings (SSSR count). The van der Waals surface area contributed by atoms with Crippen LogP contribution in [0.15, 0.2) is 30.7 Å². The summed E-state index contributed by atoms with van der Waals surface area (Å²) >= 11 is 0. The number of aryl methyl sites for hydroxylation is 1. The first-order valence-corrected chi connectivity index (χ1v) is 6.30. The fraction of sp³-hybridized carbons (Fsp3) is 0.286. The fourth-order valence-electron chi connectivity index (χ4n) is 2.26. The lowest BCUT2D eigenvalue weighted by atomic mass is 10.1. The number of nitrogens with one attached hydrogen (secondary N) is 2. The Morgan fingerprint density at radius 3 is 2.95 bits per heavy atom. The SMILES string of the molecule is Cl.Cn1cnc(C(=O)NCc2ccc3c(c2)CNC3)c1. The van der Waals surface area contributed by atoms with E-state index in [0.29, 0.717) is 12.2 Å². The lowest BCUT2D eigenvalue weighted by molar-refractivity contribution is 0.0946. The van der Waals surface area contributed by atoms with Gasteiger partial charge in [0.25, 0.3) is 5.91 Å². The van der Waals surface area contributed by atoms with E-state index in [1.807, 2.05) is 7.05 Å². The van der Waals surface area contributed by atoms with Crippen LogP contribution in [-0.2, 0) is 26.7 Å². The first-order chi connectivity index (χ1) is 9.22. The highest BCUT2D eigenvalue weighted by atomic mass is 35.5. The topological polar surface area (TPSA) is 59.0 Å². The van der Waals surface area contributed by atoms with Gasteiger partial charge in [-0.2, -0.15) is 0 Å². The molecule has 5 nitrogen and oxygen atoms in total. The Morgan fingerprint density at radius 1 is 1.40 bits per heavy atom. The van der Waals surface area contributed by atoms with Gasteiger partial charge in [0.2, 0.25) is 0 Å². The Morgan fingerprint density at radius 2 is 2.20 bits per heavy atom. The summed E-state index contributed by atoms with van der Waals surface area (Å²) in [6.45, 7) is 2.38. The van der Waals surface area contributed by atoms with Crippen LogP contribution in [0.5, 0.6) is 0 Å². The quantitative estimate of drug-likeness (QED) is 0.898. The van der Waals surface area contributed by atoms with Crippen molar-refractivity contribution in [2.75, 3.05) is 0 Å². The zero-order valence-electron chi connectivity index (χ0n) is 11.2. The minimum atomic E-state index is -0.140. The Labute approximate surface area is 123 Å². The summed E-state index contributed by atoms with van der Waals surface area (Å²) in [6.07, 6.45) is 3.33. The van der Waals surface area contributed by atoms with E-state index >= 15 is 0 Å². The number of fused-ring (bicyclic) bond motifs is 1. The van der Waals surface area contributed by atoms with Crippen LogP contribution in [0.25, 0.3) is 0 Å². The van der Waals surface area contributed by atoms with Crippen LogP contribution in [0.4, 0.5) is 0 Å². The number of amides is 1. The van der Waals surface area contributed by atoms with Gasteiger partial charge in [-0.15, -0.1) is 12.4 Å². The maximum absolute atomic E-state index is 11.9. The highest BCUT2D eigenvalue weighted by Crippen LogP contribution is 2.16. The van der Waals surface area contributed by atoms with Crippen molar-refractivity contribution in [3.8, 4) is 0 Å².